The van der Waals surface area contributed by atoms with Crippen LogP contribution >= 0.6 is 11.8 Å². The smallest absolute Gasteiger partial charge is 0.315 e. The Morgan fingerprint density at radius 1 is 0.600 bits per heavy atom. The van der Waals surface area contributed by atoms with Gasteiger partial charge in [-0.1, -0.05) is 18.6 Å². The van der Waals surface area contributed by atoms with E-state index in [0.717, 1.165) is 30.6 Å². The first-order valence-corrected chi connectivity index (χ1v) is 31.6. The second-order valence-corrected chi connectivity index (χ2v) is 23.7. The number of hydrogen-bond acceptors (Lipinski definition) is 26. The summed E-state index contributed by atoms with van der Waals surface area (Å²) in [5.74, 6) is 0.634. The number of rotatable bonds is 38. The van der Waals surface area contributed by atoms with Gasteiger partial charge < -0.3 is 120 Å². The van der Waals surface area contributed by atoms with Crippen LogP contribution in [0.4, 0.5) is 4.79 Å². The van der Waals surface area contributed by atoms with Crippen LogP contribution in [0.2, 0.25) is 0 Å². The molecule has 31 nitrogen and oxygen atoms in total. The van der Waals surface area contributed by atoms with Crippen molar-refractivity contribution in [2.45, 2.75) is 201 Å². The number of nitrogens with one attached hydrogen (secondary N) is 6. The van der Waals surface area contributed by atoms with Gasteiger partial charge in [0.2, 0.25) is 17.7 Å². The van der Waals surface area contributed by atoms with Gasteiger partial charge in [0.1, 0.15) is 90.5 Å². The molecule has 0 aromatic heterocycles. The van der Waals surface area contributed by atoms with E-state index in [1.807, 2.05) is 36.9 Å². The molecule has 0 aliphatic carbocycles. The van der Waals surface area contributed by atoms with Crippen molar-refractivity contribution < 1.29 is 122 Å². The minimum Gasteiger partial charge on any atom is -0.484 e. The molecule has 6 unspecified atom stereocenters. The first-order valence-electron chi connectivity index (χ1n) is 30.6. The molecule has 90 heavy (non-hydrogen) atoms. The standard InChI is InChI=1S/C38H60N2O20.C20H34N4O5S/c1-19-6-5-8-22(14-19)55-18-26(46)39-10-13-53-12-9-21(45)7-3-4-11-54-36-27(40-20(2)44)30(49)34(25(17-43)58-36)59-38-33(52)35(29(48)24(16-42)57-38)60-37-32(51)31(50)28(47)23(15-41)56-37;1-14(25)21-9-4-5-15(26)8-11-29-12-10-22-18(27)7-3-2-6-17-19-16(13-30-17)23-20(28)24-19/h5-6,8,14,23-25,27-38,41-43,47-52H,3-4,7,9-13,15-18H2,1-2H3,(H,39,46)(H,40,44);16-17,19H,2-13H2,1H3,(H,21,25)(H,22,27)(H2,23,24,28)/t23?,24?,25?,27?,28-,29-,30+,31?,32-,33?,34+,35-,36+,37+,38-;16-,17-,19-/m00/s1. The summed E-state index contributed by atoms with van der Waals surface area (Å²) >= 11 is 1.89. The van der Waals surface area contributed by atoms with Gasteiger partial charge in [0.05, 0.1) is 58.3 Å². The number of Topliss-reactive ketones (excluding diaryl/α,β-unsaturated/α-hetero) is 2. The zero-order chi connectivity index (χ0) is 65.7. The van der Waals surface area contributed by atoms with Crippen molar-refractivity contribution in [1.82, 2.24) is 31.9 Å². The van der Waals surface area contributed by atoms with Crippen LogP contribution in [0.3, 0.4) is 0 Å². The predicted octanol–water partition coefficient (Wildman–Crippen LogP) is -4.03. The summed E-state index contributed by atoms with van der Waals surface area (Å²) in [6.45, 7) is 4.35. The Labute approximate surface area is 526 Å². The van der Waals surface area contributed by atoms with Crippen LogP contribution in [0.15, 0.2) is 24.3 Å². The number of aryl methyl sites for hydroxylation is 1. The fraction of sp³-hybridized carbons (Fsp3) is 0.776. The molecule has 1 aromatic carbocycles. The molecule has 15 N–H and O–H groups in total. The van der Waals surface area contributed by atoms with E-state index in [0.29, 0.717) is 75.8 Å². The van der Waals surface area contributed by atoms with Crippen LogP contribution < -0.4 is 36.6 Å². The molecular weight excluding hydrogens is 1210 g/mol. The molecule has 0 spiro atoms. The van der Waals surface area contributed by atoms with Gasteiger partial charge in [-0.15, -0.1) is 0 Å². The summed E-state index contributed by atoms with van der Waals surface area (Å²) in [5, 5.41) is 111. The zero-order valence-electron chi connectivity index (χ0n) is 51.1. The highest BCUT2D eigenvalue weighted by molar-refractivity contribution is 8.00. The number of ether oxygens (including phenoxy) is 9. The molecule has 1 aromatic rings. The minimum absolute atomic E-state index is 0.0143. The number of thioether (sulfide) groups is 1. The predicted molar refractivity (Wildman–Crippen MR) is 316 cm³/mol. The lowest BCUT2D eigenvalue weighted by Gasteiger charge is -2.48. The van der Waals surface area contributed by atoms with E-state index in [2.05, 4.69) is 31.9 Å². The molecule has 6 amide bonds. The van der Waals surface area contributed by atoms with Crippen molar-refractivity contribution in [3.05, 3.63) is 29.8 Å². The summed E-state index contributed by atoms with van der Waals surface area (Å²) in [5.41, 5.74) is 1.01. The maximum Gasteiger partial charge on any atom is 0.315 e. The Morgan fingerprint density at radius 2 is 1.21 bits per heavy atom. The monoisotopic (exact) mass is 1310 g/mol. The highest BCUT2D eigenvalue weighted by Gasteiger charge is 2.54. The third kappa shape index (κ3) is 25.2. The molecule has 5 fully saturated rings. The highest BCUT2D eigenvalue weighted by atomic mass is 32.2. The van der Waals surface area contributed by atoms with Crippen LogP contribution in [0, 0.1) is 6.92 Å². The van der Waals surface area contributed by atoms with Gasteiger partial charge in [-0.3, -0.25) is 28.8 Å². The molecule has 0 saturated carbocycles. The zero-order valence-corrected chi connectivity index (χ0v) is 52.0. The van der Waals surface area contributed by atoms with Crippen LogP contribution in [0.1, 0.15) is 90.0 Å². The number of unbranched alkanes of at least 4 members (excludes halogenated alkanes) is 2. The summed E-state index contributed by atoms with van der Waals surface area (Å²) in [6.07, 6.45) is -17.4. The molecule has 512 valence electrons. The Balaban J connectivity index is 0.000000410. The van der Waals surface area contributed by atoms with Crippen molar-refractivity contribution >= 4 is 53.0 Å². The second-order valence-electron chi connectivity index (χ2n) is 22.4. The Morgan fingerprint density at radius 3 is 1.86 bits per heavy atom. The van der Waals surface area contributed by atoms with Gasteiger partial charge in [-0.25, -0.2) is 4.79 Å². The quantitative estimate of drug-likeness (QED) is 0.0221. The lowest BCUT2D eigenvalue weighted by molar-refractivity contribution is -0.376. The maximum atomic E-state index is 12.4. The van der Waals surface area contributed by atoms with Gasteiger partial charge in [0.25, 0.3) is 5.91 Å². The van der Waals surface area contributed by atoms with Crippen molar-refractivity contribution in [1.29, 1.82) is 0 Å². The molecule has 0 radical (unpaired) electrons. The molecular formula is C58H94N6O25S. The number of benzene rings is 1. The van der Waals surface area contributed by atoms with E-state index in [4.69, 9.17) is 42.6 Å². The number of aliphatic hydroxyl groups excluding tert-OH is 9. The van der Waals surface area contributed by atoms with E-state index in [-0.39, 0.29) is 93.2 Å². The van der Waals surface area contributed by atoms with Gasteiger partial charge in [-0.2, -0.15) is 11.8 Å². The third-order valence-corrected chi connectivity index (χ3v) is 16.8. The minimum atomic E-state index is -1.95. The van der Waals surface area contributed by atoms with Gasteiger partial charge >= 0.3 is 6.03 Å². The average molecular weight is 1310 g/mol. The van der Waals surface area contributed by atoms with Crippen molar-refractivity contribution in [3.8, 4) is 5.75 Å². The molecule has 18 atom stereocenters. The number of aliphatic hydroxyl groups is 9. The summed E-state index contributed by atoms with van der Waals surface area (Å²) in [7, 11) is 0. The molecule has 5 heterocycles. The Kier molecular flexibility index (Phi) is 34.0. The van der Waals surface area contributed by atoms with Crippen LogP contribution in [0.5, 0.6) is 5.75 Å². The topological polar surface area (TPSA) is 457 Å². The van der Waals surface area contributed by atoms with Crippen LogP contribution in [0.25, 0.3) is 0 Å². The van der Waals surface area contributed by atoms with Crippen molar-refractivity contribution in [2.75, 3.05) is 84.8 Å². The molecule has 32 heteroatoms. The third-order valence-electron chi connectivity index (χ3n) is 15.2. The fourth-order valence-corrected chi connectivity index (χ4v) is 11.9. The number of fused-ring (bicyclic) bond motifs is 1. The fourth-order valence-electron chi connectivity index (χ4n) is 10.4. The van der Waals surface area contributed by atoms with Crippen molar-refractivity contribution in [3.63, 3.8) is 0 Å². The first kappa shape index (κ1) is 75.9. The van der Waals surface area contributed by atoms with Crippen molar-refractivity contribution in [2.24, 2.45) is 0 Å². The van der Waals surface area contributed by atoms with E-state index in [1.54, 1.807) is 6.07 Å². The second kappa shape index (κ2) is 40.3. The summed E-state index contributed by atoms with van der Waals surface area (Å²) in [4.78, 5) is 82.2. The number of hydrogen-bond donors (Lipinski definition) is 15. The number of carbonyl (C=O) groups excluding carboxylic acids is 7. The number of urea groups is 1. The lowest BCUT2D eigenvalue weighted by Crippen LogP contribution is -2.68. The Hall–Kier alpha value is -4.82. The largest absolute Gasteiger partial charge is 0.484 e. The lowest BCUT2D eigenvalue weighted by atomic mass is 9.95. The summed E-state index contributed by atoms with van der Waals surface area (Å²) in [6, 6.07) is 6.44. The molecule has 5 saturated heterocycles. The normalized spacial score (nSPS) is 30.4. The molecule has 0 bridgehead atoms. The van der Waals surface area contributed by atoms with E-state index in [1.165, 1.54) is 13.8 Å². The molecule has 6 rings (SSSR count). The van der Waals surface area contributed by atoms with Gasteiger partial charge in [0.15, 0.2) is 25.5 Å². The van der Waals surface area contributed by atoms with E-state index < -0.39 is 118 Å². The number of ketones is 2. The van der Waals surface area contributed by atoms with Gasteiger partial charge in [-0.05, 0) is 56.7 Å². The van der Waals surface area contributed by atoms with Gasteiger partial charge in [0, 0.05) is 83.2 Å². The van der Waals surface area contributed by atoms with Crippen LogP contribution in [-0.4, -0.2) is 281 Å². The van der Waals surface area contributed by atoms with E-state index >= 15 is 0 Å². The summed E-state index contributed by atoms with van der Waals surface area (Å²) < 4.78 is 50.3. The average Bonchev–Trinajstić information content (AvgIpc) is 1.04. The SMILES string of the molecule is CC(=O)NC1[C@H](OCCCCC(=O)CCOCCNC(=O)COc2cccc(C)c2)OC(CO)[C@@H](O[C@@H]2OC(CO)[C@H](O)[C@H](O[C@H]3OC(CO)[C@H](O)C(O)[C@@H]3O)C2O)[C@@H]1O.CC(=O)NCCCC(=O)CCOCCNC(=O)CCCC[C@@H]1SC[C@@H]2NC(=O)N[C@@H]21. The van der Waals surface area contributed by atoms with Crippen LogP contribution in [-0.2, 0) is 66.7 Å². The molecule has 5 aliphatic rings. The number of carbonyl (C=O) groups is 7. The molecule has 5 aliphatic heterocycles. The highest BCUT2D eigenvalue weighted by Crippen LogP contribution is 2.35. The maximum absolute atomic E-state index is 12.4. The van der Waals surface area contributed by atoms with E-state index in [9.17, 15) is 79.5 Å². The Bertz CT molecular complexity index is 2370. The first-order chi connectivity index (χ1) is 43.1. The number of amides is 6.